The van der Waals surface area contributed by atoms with E-state index in [1.165, 1.54) is 0 Å². The van der Waals surface area contributed by atoms with E-state index in [2.05, 4.69) is 5.16 Å². The van der Waals surface area contributed by atoms with Crippen LogP contribution in [0.4, 0.5) is 0 Å². The van der Waals surface area contributed by atoms with Crippen LogP contribution in [0.25, 0.3) is 11.3 Å². The maximum absolute atomic E-state index is 10.5. The Hall–Kier alpha value is -2.30. The van der Waals surface area contributed by atoms with Gasteiger partial charge in [-0.05, 0) is 12.1 Å². The van der Waals surface area contributed by atoms with Crippen molar-refractivity contribution in [1.29, 1.82) is 0 Å². The molecule has 0 aliphatic rings. The van der Waals surface area contributed by atoms with Crippen LogP contribution < -0.4 is 4.74 Å². The van der Waals surface area contributed by atoms with E-state index in [1.807, 2.05) is 18.2 Å². The van der Waals surface area contributed by atoms with Gasteiger partial charge in [-0.1, -0.05) is 17.3 Å². The Labute approximate surface area is 97.6 Å². The van der Waals surface area contributed by atoms with Gasteiger partial charge in [0.2, 0.25) is 0 Å². The molecule has 17 heavy (non-hydrogen) atoms. The molecule has 1 N–H and O–H groups in total. The largest absolute Gasteiger partial charge is 0.497 e. The second-order valence-electron chi connectivity index (χ2n) is 3.48. The zero-order valence-electron chi connectivity index (χ0n) is 9.21. The normalized spacial score (nSPS) is 10.2. The quantitative estimate of drug-likeness (QED) is 0.874. The molecular weight excluding hydrogens is 222 g/mol. The molecule has 0 amide bonds. The molecule has 0 aliphatic heterocycles. The molecule has 2 rings (SSSR count). The Morgan fingerprint density at radius 1 is 1.47 bits per heavy atom. The maximum atomic E-state index is 10.5. The van der Waals surface area contributed by atoms with Gasteiger partial charge in [0.05, 0.1) is 19.2 Å². The van der Waals surface area contributed by atoms with Gasteiger partial charge >= 0.3 is 5.97 Å². The molecule has 2 aromatic rings. The lowest BCUT2D eigenvalue weighted by atomic mass is 10.1. The number of methoxy groups -OCH3 is 1. The molecule has 1 heterocycles. The monoisotopic (exact) mass is 233 g/mol. The van der Waals surface area contributed by atoms with E-state index in [1.54, 1.807) is 19.2 Å². The lowest BCUT2D eigenvalue weighted by molar-refractivity contribution is -0.136. The minimum Gasteiger partial charge on any atom is -0.497 e. The SMILES string of the molecule is COc1cccc(-c2cc(CC(=O)O)no2)c1. The predicted molar refractivity (Wildman–Crippen MR) is 59.8 cm³/mol. The summed E-state index contributed by atoms with van der Waals surface area (Å²) in [5.74, 6) is 0.300. The highest BCUT2D eigenvalue weighted by Crippen LogP contribution is 2.24. The molecule has 5 nitrogen and oxygen atoms in total. The van der Waals surface area contributed by atoms with Crippen molar-refractivity contribution in [3.8, 4) is 17.1 Å². The molecule has 88 valence electrons. The number of benzene rings is 1. The van der Waals surface area contributed by atoms with Crippen molar-refractivity contribution >= 4 is 5.97 Å². The number of carboxylic acids is 1. The van der Waals surface area contributed by atoms with Gasteiger partial charge in [0, 0.05) is 11.6 Å². The van der Waals surface area contributed by atoms with Crippen LogP contribution in [0.5, 0.6) is 5.75 Å². The number of aromatic nitrogens is 1. The first-order valence-corrected chi connectivity index (χ1v) is 5.01. The fourth-order valence-electron chi connectivity index (χ4n) is 1.46. The van der Waals surface area contributed by atoms with Gasteiger partial charge in [0.1, 0.15) is 5.75 Å². The summed E-state index contributed by atoms with van der Waals surface area (Å²) in [5, 5.41) is 12.3. The number of ether oxygens (including phenoxy) is 1. The summed E-state index contributed by atoms with van der Waals surface area (Å²) in [7, 11) is 1.58. The number of carboxylic acid groups (broad SMARTS) is 1. The second kappa shape index (κ2) is 4.69. The summed E-state index contributed by atoms with van der Waals surface area (Å²) < 4.78 is 10.2. The Morgan fingerprint density at radius 2 is 2.29 bits per heavy atom. The van der Waals surface area contributed by atoms with E-state index >= 15 is 0 Å². The Kier molecular flexibility index (Phi) is 3.09. The molecular formula is C12H11NO4. The lowest BCUT2D eigenvalue weighted by Gasteiger charge is -2.00. The van der Waals surface area contributed by atoms with Gasteiger partial charge < -0.3 is 14.4 Å². The van der Waals surface area contributed by atoms with Crippen LogP contribution in [0, 0.1) is 0 Å². The zero-order valence-corrected chi connectivity index (χ0v) is 9.21. The van der Waals surface area contributed by atoms with Crippen molar-refractivity contribution in [1.82, 2.24) is 5.16 Å². The van der Waals surface area contributed by atoms with Crippen molar-refractivity contribution in [3.63, 3.8) is 0 Å². The molecule has 0 saturated carbocycles. The van der Waals surface area contributed by atoms with E-state index < -0.39 is 5.97 Å². The van der Waals surface area contributed by atoms with E-state index in [9.17, 15) is 4.79 Å². The van der Waals surface area contributed by atoms with Crippen molar-refractivity contribution in [3.05, 3.63) is 36.0 Å². The highest BCUT2D eigenvalue weighted by molar-refractivity contribution is 5.70. The second-order valence-corrected chi connectivity index (χ2v) is 3.48. The highest BCUT2D eigenvalue weighted by Gasteiger charge is 2.10. The van der Waals surface area contributed by atoms with Crippen molar-refractivity contribution < 1.29 is 19.2 Å². The molecule has 0 aliphatic carbocycles. The molecule has 1 aromatic carbocycles. The van der Waals surface area contributed by atoms with Crippen LogP contribution in [0.1, 0.15) is 5.69 Å². The minimum absolute atomic E-state index is 0.145. The molecule has 0 bridgehead atoms. The molecule has 1 aromatic heterocycles. The summed E-state index contributed by atoms with van der Waals surface area (Å²) in [6.45, 7) is 0. The molecule has 0 saturated heterocycles. The van der Waals surface area contributed by atoms with Gasteiger partial charge in [-0.15, -0.1) is 0 Å². The minimum atomic E-state index is -0.935. The van der Waals surface area contributed by atoms with Crippen molar-refractivity contribution in [2.75, 3.05) is 7.11 Å². The molecule has 0 unspecified atom stereocenters. The van der Waals surface area contributed by atoms with Crippen LogP contribution in [0.15, 0.2) is 34.9 Å². The number of nitrogens with zero attached hydrogens (tertiary/aromatic N) is 1. The van der Waals surface area contributed by atoms with Crippen LogP contribution in [0.2, 0.25) is 0 Å². The van der Waals surface area contributed by atoms with Crippen LogP contribution in [0.3, 0.4) is 0 Å². The number of hydrogen-bond acceptors (Lipinski definition) is 4. The molecule has 0 radical (unpaired) electrons. The van der Waals surface area contributed by atoms with Gasteiger partial charge in [-0.3, -0.25) is 4.79 Å². The third-order valence-electron chi connectivity index (χ3n) is 2.25. The van der Waals surface area contributed by atoms with E-state index in [0.717, 1.165) is 5.56 Å². The zero-order chi connectivity index (χ0) is 12.3. The molecule has 5 heteroatoms. The van der Waals surface area contributed by atoms with Crippen molar-refractivity contribution in [2.24, 2.45) is 0 Å². The van der Waals surface area contributed by atoms with E-state index in [4.69, 9.17) is 14.4 Å². The highest BCUT2D eigenvalue weighted by atomic mass is 16.5. The Bertz CT molecular complexity index is 533. The topological polar surface area (TPSA) is 72.6 Å². The standard InChI is InChI=1S/C12H11NO4/c1-16-10-4-2-3-8(5-10)11-6-9(13-17-11)7-12(14)15/h2-6H,7H2,1H3,(H,14,15). The number of hydrogen-bond donors (Lipinski definition) is 1. The smallest absolute Gasteiger partial charge is 0.309 e. The summed E-state index contributed by atoms with van der Waals surface area (Å²) in [6.07, 6.45) is -0.145. The van der Waals surface area contributed by atoms with Gasteiger partial charge in [0.15, 0.2) is 5.76 Å². The molecule has 0 spiro atoms. The first kappa shape index (κ1) is 11.2. The fraction of sp³-hybridized carbons (Fsp3) is 0.167. The number of aliphatic carboxylic acids is 1. The first-order valence-electron chi connectivity index (χ1n) is 5.01. The number of rotatable bonds is 4. The summed E-state index contributed by atoms with van der Waals surface area (Å²) in [4.78, 5) is 10.5. The Morgan fingerprint density at radius 3 is 3.00 bits per heavy atom. The fourth-order valence-corrected chi connectivity index (χ4v) is 1.46. The van der Waals surface area contributed by atoms with Gasteiger partial charge in [-0.2, -0.15) is 0 Å². The average molecular weight is 233 g/mol. The molecule has 0 atom stereocenters. The van der Waals surface area contributed by atoms with Gasteiger partial charge in [-0.25, -0.2) is 0 Å². The maximum Gasteiger partial charge on any atom is 0.309 e. The van der Waals surface area contributed by atoms with Crippen LogP contribution in [-0.2, 0) is 11.2 Å². The van der Waals surface area contributed by atoms with E-state index in [-0.39, 0.29) is 6.42 Å². The predicted octanol–water partition coefficient (Wildman–Crippen LogP) is 1.98. The van der Waals surface area contributed by atoms with Crippen LogP contribution >= 0.6 is 0 Å². The Balaban J connectivity index is 2.26. The lowest BCUT2D eigenvalue weighted by Crippen LogP contribution is -1.99. The first-order chi connectivity index (χ1) is 8.19. The molecule has 0 fully saturated rings. The third-order valence-corrected chi connectivity index (χ3v) is 2.25. The average Bonchev–Trinajstić information content (AvgIpc) is 2.77. The van der Waals surface area contributed by atoms with Gasteiger partial charge in [0.25, 0.3) is 0 Å². The third kappa shape index (κ3) is 2.63. The number of carbonyl (C=O) groups is 1. The van der Waals surface area contributed by atoms with Crippen molar-refractivity contribution in [2.45, 2.75) is 6.42 Å². The summed E-state index contributed by atoms with van der Waals surface area (Å²) in [5.41, 5.74) is 1.20. The van der Waals surface area contributed by atoms with E-state index in [0.29, 0.717) is 17.2 Å². The summed E-state index contributed by atoms with van der Waals surface area (Å²) in [6, 6.07) is 8.90. The summed E-state index contributed by atoms with van der Waals surface area (Å²) >= 11 is 0. The van der Waals surface area contributed by atoms with Crippen LogP contribution in [-0.4, -0.2) is 23.3 Å².